The van der Waals surface area contributed by atoms with Crippen molar-refractivity contribution in [3.8, 4) is 0 Å². The number of carbonyl (C=O) groups is 1. The lowest BCUT2D eigenvalue weighted by molar-refractivity contribution is -0.117. The summed E-state index contributed by atoms with van der Waals surface area (Å²) in [6.07, 6.45) is 3.44. The molecule has 5 nitrogen and oxygen atoms in total. The smallest absolute Gasteiger partial charge is 0.240 e. The number of thioether (sulfide) groups is 1. The van der Waals surface area contributed by atoms with E-state index >= 15 is 0 Å². The second-order valence-electron chi connectivity index (χ2n) is 5.90. The summed E-state index contributed by atoms with van der Waals surface area (Å²) in [6.45, 7) is 8.88. The number of fused-ring (bicyclic) bond motifs is 1. The van der Waals surface area contributed by atoms with E-state index in [-0.39, 0.29) is 11.2 Å². The van der Waals surface area contributed by atoms with Crippen molar-refractivity contribution in [3.05, 3.63) is 61.4 Å². The number of allylic oxidation sites excluding steroid dienone is 1. The van der Waals surface area contributed by atoms with Crippen LogP contribution in [-0.2, 0) is 11.3 Å². The highest BCUT2D eigenvalue weighted by molar-refractivity contribution is 8.00. The molecular formula is C20H22N4OS. The molecule has 2 aromatic carbocycles. The summed E-state index contributed by atoms with van der Waals surface area (Å²) < 4.78 is 1.88. The summed E-state index contributed by atoms with van der Waals surface area (Å²) in [6, 6.07) is 14.2. The Balaban J connectivity index is 1.86. The zero-order valence-electron chi connectivity index (χ0n) is 15.0. The molecule has 1 heterocycles. The molecule has 6 heteroatoms. The molecular weight excluding hydrogens is 344 g/mol. The van der Waals surface area contributed by atoms with Crippen LogP contribution in [-0.4, -0.2) is 32.5 Å². The van der Waals surface area contributed by atoms with Crippen molar-refractivity contribution in [2.75, 3.05) is 11.4 Å². The van der Waals surface area contributed by atoms with Crippen LogP contribution < -0.4 is 4.90 Å². The average molecular weight is 366 g/mol. The first-order chi connectivity index (χ1) is 12.7. The van der Waals surface area contributed by atoms with Gasteiger partial charge in [-0.25, -0.2) is 0 Å². The van der Waals surface area contributed by atoms with Crippen LogP contribution in [0.1, 0.15) is 13.8 Å². The van der Waals surface area contributed by atoms with Gasteiger partial charge in [-0.15, -0.1) is 16.8 Å². The lowest BCUT2D eigenvalue weighted by atomic mass is 10.1. The fraction of sp³-hybridized carbons (Fsp3) is 0.250. The van der Waals surface area contributed by atoms with Gasteiger partial charge in [-0.1, -0.05) is 54.2 Å². The number of aromatic nitrogens is 3. The topological polar surface area (TPSA) is 51.0 Å². The predicted molar refractivity (Wildman–Crippen MR) is 108 cm³/mol. The van der Waals surface area contributed by atoms with E-state index in [1.165, 1.54) is 11.8 Å². The van der Waals surface area contributed by atoms with E-state index in [9.17, 15) is 4.79 Å². The van der Waals surface area contributed by atoms with Gasteiger partial charge in [0.1, 0.15) is 6.33 Å². The number of hydrogen-bond acceptors (Lipinski definition) is 4. The van der Waals surface area contributed by atoms with Crippen molar-refractivity contribution < 1.29 is 4.79 Å². The summed E-state index contributed by atoms with van der Waals surface area (Å²) in [4.78, 5) is 15.0. The van der Waals surface area contributed by atoms with E-state index in [4.69, 9.17) is 0 Å². The quantitative estimate of drug-likeness (QED) is 0.466. The third-order valence-electron chi connectivity index (χ3n) is 4.18. The van der Waals surface area contributed by atoms with Crippen LogP contribution in [0.25, 0.3) is 10.8 Å². The molecule has 1 amide bonds. The first-order valence-corrected chi connectivity index (χ1v) is 9.48. The third kappa shape index (κ3) is 3.65. The van der Waals surface area contributed by atoms with Gasteiger partial charge in [-0.3, -0.25) is 4.79 Å². The molecule has 3 aromatic rings. The molecule has 1 aromatic heterocycles. The van der Waals surface area contributed by atoms with E-state index in [1.54, 1.807) is 12.4 Å². The summed E-state index contributed by atoms with van der Waals surface area (Å²) in [7, 11) is 0. The molecule has 0 bridgehead atoms. The Hall–Kier alpha value is -2.60. The van der Waals surface area contributed by atoms with E-state index in [0.29, 0.717) is 13.1 Å². The second-order valence-corrected chi connectivity index (χ2v) is 7.20. The number of amides is 1. The molecule has 0 fully saturated rings. The van der Waals surface area contributed by atoms with E-state index in [2.05, 4.69) is 35.0 Å². The summed E-state index contributed by atoms with van der Waals surface area (Å²) in [5.74, 6) is 0.0574. The highest BCUT2D eigenvalue weighted by Crippen LogP contribution is 2.29. The summed E-state index contributed by atoms with van der Waals surface area (Å²) in [5, 5.41) is 10.7. The number of rotatable bonds is 7. The molecule has 134 valence electrons. The van der Waals surface area contributed by atoms with Crippen molar-refractivity contribution in [1.82, 2.24) is 14.8 Å². The van der Waals surface area contributed by atoms with Gasteiger partial charge in [0.15, 0.2) is 5.16 Å². The van der Waals surface area contributed by atoms with Gasteiger partial charge in [0, 0.05) is 18.5 Å². The van der Waals surface area contributed by atoms with Crippen LogP contribution in [0.5, 0.6) is 0 Å². The standard InChI is InChI=1S/C20H22N4OS/c1-4-13-23-14-21-22-20(23)26-15(3)19(25)24(5-2)18-12-8-10-16-9-6-7-11-17(16)18/h4,6-12,14-15H,1,5,13H2,2-3H3/t15-/m0/s1. The van der Waals surface area contributed by atoms with E-state index in [0.717, 1.165) is 21.6 Å². The second kappa shape index (κ2) is 8.19. The monoisotopic (exact) mass is 366 g/mol. The summed E-state index contributed by atoms with van der Waals surface area (Å²) >= 11 is 1.42. The van der Waals surface area contributed by atoms with Crippen molar-refractivity contribution in [2.45, 2.75) is 30.8 Å². The van der Waals surface area contributed by atoms with Crippen LogP contribution in [0.3, 0.4) is 0 Å². The van der Waals surface area contributed by atoms with Gasteiger partial charge in [0.25, 0.3) is 0 Å². The Morgan fingerprint density at radius 2 is 2.08 bits per heavy atom. The molecule has 0 aliphatic heterocycles. The Labute approximate surface area is 157 Å². The number of anilines is 1. The van der Waals surface area contributed by atoms with Gasteiger partial charge < -0.3 is 9.47 Å². The van der Waals surface area contributed by atoms with E-state index in [1.807, 2.05) is 47.6 Å². The Kier molecular flexibility index (Phi) is 5.73. The Morgan fingerprint density at radius 3 is 2.85 bits per heavy atom. The normalized spacial score (nSPS) is 12.1. The first kappa shape index (κ1) is 18.2. The number of hydrogen-bond donors (Lipinski definition) is 0. The highest BCUT2D eigenvalue weighted by Gasteiger charge is 2.24. The van der Waals surface area contributed by atoms with Crippen molar-refractivity contribution >= 4 is 34.1 Å². The van der Waals surface area contributed by atoms with Crippen LogP contribution in [0.2, 0.25) is 0 Å². The largest absolute Gasteiger partial charge is 0.311 e. The van der Waals surface area contributed by atoms with Crippen molar-refractivity contribution in [1.29, 1.82) is 0 Å². The minimum absolute atomic E-state index is 0.0574. The van der Waals surface area contributed by atoms with Gasteiger partial charge >= 0.3 is 0 Å². The Morgan fingerprint density at radius 1 is 1.31 bits per heavy atom. The maximum atomic E-state index is 13.1. The minimum Gasteiger partial charge on any atom is -0.311 e. The van der Waals surface area contributed by atoms with Crippen LogP contribution in [0.15, 0.2) is 66.6 Å². The molecule has 1 atom stereocenters. The molecule has 0 unspecified atom stereocenters. The number of benzene rings is 2. The molecule has 0 aliphatic carbocycles. The lowest BCUT2D eigenvalue weighted by Crippen LogP contribution is -2.36. The first-order valence-electron chi connectivity index (χ1n) is 8.60. The molecule has 0 spiro atoms. The number of nitrogens with zero attached hydrogens (tertiary/aromatic N) is 4. The molecule has 26 heavy (non-hydrogen) atoms. The molecule has 0 saturated heterocycles. The fourth-order valence-electron chi connectivity index (χ4n) is 2.92. The van der Waals surface area contributed by atoms with E-state index < -0.39 is 0 Å². The Bertz CT molecular complexity index is 916. The van der Waals surface area contributed by atoms with Gasteiger partial charge in [0.05, 0.1) is 10.9 Å². The zero-order chi connectivity index (χ0) is 18.5. The average Bonchev–Trinajstić information content (AvgIpc) is 3.09. The SMILES string of the molecule is C=CCn1cnnc1S[C@@H](C)C(=O)N(CC)c1cccc2ccccc12. The minimum atomic E-state index is -0.276. The maximum Gasteiger partial charge on any atom is 0.240 e. The molecule has 0 saturated carbocycles. The zero-order valence-corrected chi connectivity index (χ0v) is 15.8. The molecule has 3 rings (SSSR count). The molecule has 0 N–H and O–H groups in total. The predicted octanol–water partition coefficient (Wildman–Crippen LogP) is 4.15. The summed E-state index contributed by atoms with van der Waals surface area (Å²) in [5.41, 5.74) is 0.940. The highest BCUT2D eigenvalue weighted by atomic mass is 32.2. The van der Waals surface area contributed by atoms with Gasteiger partial charge in [-0.2, -0.15) is 0 Å². The van der Waals surface area contributed by atoms with Crippen molar-refractivity contribution in [2.24, 2.45) is 0 Å². The third-order valence-corrected chi connectivity index (χ3v) is 5.26. The molecule has 0 radical (unpaired) electrons. The van der Waals surface area contributed by atoms with Crippen LogP contribution >= 0.6 is 11.8 Å². The van der Waals surface area contributed by atoms with Crippen LogP contribution in [0.4, 0.5) is 5.69 Å². The lowest BCUT2D eigenvalue weighted by Gasteiger charge is -2.25. The van der Waals surface area contributed by atoms with Crippen molar-refractivity contribution in [3.63, 3.8) is 0 Å². The van der Waals surface area contributed by atoms with Crippen LogP contribution in [0, 0.1) is 0 Å². The van der Waals surface area contributed by atoms with Gasteiger partial charge in [-0.05, 0) is 25.3 Å². The molecule has 0 aliphatic rings. The van der Waals surface area contributed by atoms with Gasteiger partial charge in [0.2, 0.25) is 5.91 Å². The fourth-order valence-corrected chi connectivity index (χ4v) is 3.81. The maximum absolute atomic E-state index is 13.1. The number of carbonyl (C=O) groups excluding carboxylic acids is 1.